The van der Waals surface area contributed by atoms with Gasteiger partial charge in [-0.2, -0.15) is 0 Å². The highest BCUT2D eigenvalue weighted by Gasteiger charge is 2.27. The molecular weight excluding hydrogens is 220 g/mol. The molecule has 4 nitrogen and oxygen atoms in total. The van der Waals surface area contributed by atoms with Gasteiger partial charge in [0.1, 0.15) is 17.3 Å². The maximum absolute atomic E-state index is 11.9. The van der Waals surface area contributed by atoms with Gasteiger partial charge in [0.15, 0.2) is 5.76 Å². The Labute approximate surface area is 96.8 Å². The number of aromatic hydroxyl groups is 1. The summed E-state index contributed by atoms with van der Waals surface area (Å²) in [6.07, 6.45) is 3.05. The summed E-state index contributed by atoms with van der Waals surface area (Å²) < 4.78 is 10.5. The third-order valence-electron chi connectivity index (χ3n) is 2.47. The van der Waals surface area contributed by atoms with Crippen molar-refractivity contribution < 1.29 is 19.1 Å². The van der Waals surface area contributed by atoms with Crippen LogP contribution in [-0.4, -0.2) is 10.9 Å². The van der Waals surface area contributed by atoms with Gasteiger partial charge in [0, 0.05) is 12.1 Å². The van der Waals surface area contributed by atoms with Crippen LogP contribution >= 0.6 is 0 Å². The van der Waals surface area contributed by atoms with Gasteiger partial charge in [-0.15, -0.1) is 0 Å². The summed E-state index contributed by atoms with van der Waals surface area (Å²) in [5.74, 6) is 0.964. The van der Waals surface area contributed by atoms with E-state index in [4.69, 9.17) is 9.15 Å². The van der Waals surface area contributed by atoms with Gasteiger partial charge in [-0.05, 0) is 24.3 Å². The van der Waals surface area contributed by atoms with Crippen molar-refractivity contribution in [3.8, 4) is 11.5 Å². The summed E-state index contributed by atoms with van der Waals surface area (Å²) >= 11 is 0. The number of hydrogen-bond donors (Lipinski definition) is 1. The van der Waals surface area contributed by atoms with Crippen LogP contribution in [0.2, 0.25) is 0 Å². The normalized spacial score (nSPS) is 16.0. The number of phenols is 1. The van der Waals surface area contributed by atoms with Gasteiger partial charge in [-0.1, -0.05) is 0 Å². The van der Waals surface area contributed by atoms with Crippen LogP contribution in [0.4, 0.5) is 0 Å². The van der Waals surface area contributed by atoms with E-state index in [0.29, 0.717) is 17.1 Å². The number of ketones is 1. The molecule has 0 aliphatic carbocycles. The molecular formula is C13H8O4. The molecule has 0 fully saturated rings. The van der Waals surface area contributed by atoms with Crippen molar-refractivity contribution in [2.45, 2.75) is 0 Å². The van der Waals surface area contributed by atoms with E-state index >= 15 is 0 Å². The molecule has 1 N–H and O–H groups in total. The Morgan fingerprint density at radius 1 is 1.24 bits per heavy atom. The molecule has 1 aliphatic rings. The minimum Gasteiger partial charge on any atom is -0.508 e. The standard InChI is InChI=1S/C13H8O4/c14-8-3-4-10-11(6-8)17-12(13(10)15)7-9-2-1-5-16-9/h1-7,14H. The smallest absolute Gasteiger partial charge is 0.232 e. The summed E-state index contributed by atoms with van der Waals surface area (Å²) in [5.41, 5.74) is 0.445. The van der Waals surface area contributed by atoms with Gasteiger partial charge < -0.3 is 14.3 Å². The lowest BCUT2D eigenvalue weighted by atomic mass is 10.1. The number of hydrogen-bond acceptors (Lipinski definition) is 4. The maximum Gasteiger partial charge on any atom is 0.232 e. The van der Waals surface area contributed by atoms with Gasteiger partial charge in [0.2, 0.25) is 5.78 Å². The Hall–Kier alpha value is -2.49. The molecule has 1 aromatic heterocycles. The van der Waals surface area contributed by atoms with Gasteiger partial charge in [-0.3, -0.25) is 4.79 Å². The molecule has 0 saturated heterocycles. The SMILES string of the molecule is O=C1C(=Cc2ccco2)Oc2cc(O)ccc21. The highest BCUT2D eigenvalue weighted by atomic mass is 16.5. The third-order valence-corrected chi connectivity index (χ3v) is 2.47. The van der Waals surface area contributed by atoms with Crippen LogP contribution in [0, 0.1) is 0 Å². The summed E-state index contributed by atoms with van der Waals surface area (Å²) in [6, 6.07) is 7.86. The molecule has 0 unspecified atom stereocenters. The predicted octanol–water partition coefficient (Wildman–Crippen LogP) is 2.60. The molecule has 1 aromatic carbocycles. The zero-order chi connectivity index (χ0) is 11.8. The number of allylic oxidation sites excluding steroid dienone is 1. The van der Waals surface area contributed by atoms with E-state index in [-0.39, 0.29) is 17.3 Å². The summed E-state index contributed by atoms with van der Waals surface area (Å²) in [5, 5.41) is 9.30. The molecule has 0 radical (unpaired) electrons. The van der Waals surface area contributed by atoms with Crippen LogP contribution < -0.4 is 4.74 Å². The van der Waals surface area contributed by atoms with Crippen LogP contribution in [0.25, 0.3) is 6.08 Å². The van der Waals surface area contributed by atoms with Crippen molar-refractivity contribution in [2.24, 2.45) is 0 Å². The minimum atomic E-state index is -0.212. The molecule has 0 bridgehead atoms. The Kier molecular flexibility index (Phi) is 2.01. The zero-order valence-corrected chi connectivity index (χ0v) is 8.71. The van der Waals surface area contributed by atoms with E-state index in [1.807, 2.05) is 0 Å². The topological polar surface area (TPSA) is 59.7 Å². The lowest BCUT2D eigenvalue weighted by molar-refractivity contribution is 0.101. The van der Waals surface area contributed by atoms with Crippen LogP contribution in [0.15, 0.2) is 46.8 Å². The van der Waals surface area contributed by atoms with Crippen molar-refractivity contribution in [3.63, 3.8) is 0 Å². The van der Waals surface area contributed by atoms with Crippen molar-refractivity contribution >= 4 is 11.9 Å². The fourth-order valence-corrected chi connectivity index (χ4v) is 1.68. The lowest BCUT2D eigenvalue weighted by Crippen LogP contribution is -1.97. The van der Waals surface area contributed by atoms with E-state index < -0.39 is 0 Å². The van der Waals surface area contributed by atoms with Crippen molar-refractivity contribution in [3.05, 3.63) is 53.7 Å². The average Bonchev–Trinajstić information content (AvgIpc) is 2.89. The minimum absolute atomic E-state index is 0.0656. The number of Topliss-reactive ketones (excluding diaryl/α,β-unsaturated/α-hetero) is 1. The van der Waals surface area contributed by atoms with Crippen molar-refractivity contribution in [2.75, 3.05) is 0 Å². The molecule has 2 aromatic rings. The predicted molar refractivity (Wildman–Crippen MR) is 59.8 cm³/mol. The number of phenolic OH excluding ortho intramolecular Hbond substituents is 1. The fourth-order valence-electron chi connectivity index (χ4n) is 1.68. The number of ether oxygens (including phenoxy) is 1. The molecule has 0 saturated carbocycles. The number of benzene rings is 1. The monoisotopic (exact) mass is 228 g/mol. The second-order valence-corrected chi connectivity index (χ2v) is 3.64. The second-order valence-electron chi connectivity index (χ2n) is 3.64. The van der Waals surface area contributed by atoms with Crippen molar-refractivity contribution in [1.82, 2.24) is 0 Å². The molecule has 4 heteroatoms. The fraction of sp³-hybridized carbons (Fsp3) is 0. The summed E-state index contributed by atoms with van der Waals surface area (Å²) in [7, 11) is 0. The van der Waals surface area contributed by atoms with E-state index in [9.17, 15) is 9.90 Å². The average molecular weight is 228 g/mol. The van der Waals surface area contributed by atoms with E-state index in [1.54, 1.807) is 12.1 Å². The molecule has 2 heterocycles. The number of furan rings is 1. The maximum atomic E-state index is 11.9. The lowest BCUT2D eigenvalue weighted by Gasteiger charge is -1.97. The molecule has 3 rings (SSSR count). The second kappa shape index (κ2) is 3.52. The molecule has 84 valence electrons. The molecule has 0 amide bonds. The Bertz CT molecular complexity index is 608. The molecule has 17 heavy (non-hydrogen) atoms. The van der Waals surface area contributed by atoms with Gasteiger partial charge in [0.25, 0.3) is 0 Å². The molecule has 1 aliphatic heterocycles. The Balaban J connectivity index is 2.02. The van der Waals surface area contributed by atoms with Gasteiger partial charge >= 0.3 is 0 Å². The van der Waals surface area contributed by atoms with Crippen LogP contribution in [0.1, 0.15) is 16.1 Å². The molecule has 0 spiro atoms. The zero-order valence-electron chi connectivity index (χ0n) is 8.71. The van der Waals surface area contributed by atoms with E-state index in [0.717, 1.165) is 0 Å². The van der Waals surface area contributed by atoms with E-state index in [2.05, 4.69) is 0 Å². The number of fused-ring (bicyclic) bond motifs is 1. The van der Waals surface area contributed by atoms with Gasteiger partial charge in [0.05, 0.1) is 11.8 Å². The van der Waals surface area contributed by atoms with Crippen molar-refractivity contribution in [1.29, 1.82) is 0 Å². The first-order chi connectivity index (χ1) is 8.24. The van der Waals surface area contributed by atoms with Crippen LogP contribution in [0.5, 0.6) is 11.5 Å². The van der Waals surface area contributed by atoms with Crippen LogP contribution in [-0.2, 0) is 0 Å². The number of carbonyl (C=O) groups excluding carboxylic acids is 1. The Morgan fingerprint density at radius 3 is 2.88 bits per heavy atom. The number of carbonyl (C=O) groups is 1. The highest BCUT2D eigenvalue weighted by Crippen LogP contribution is 2.34. The summed E-state index contributed by atoms with van der Waals surface area (Å²) in [6.45, 7) is 0. The largest absolute Gasteiger partial charge is 0.508 e. The quantitative estimate of drug-likeness (QED) is 0.762. The Morgan fingerprint density at radius 2 is 2.12 bits per heavy atom. The molecule has 0 atom stereocenters. The first-order valence-corrected chi connectivity index (χ1v) is 5.05. The third kappa shape index (κ3) is 1.59. The first-order valence-electron chi connectivity index (χ1n) is 5.05. The summed E-state index contributed by atoms with van der Waals surface area (Å²) in [4.78, 5) is 11.9. The van der Waals surface area contributed by atoms with E-state index in [1.165, 1.54) is 30.5 Å². The first kappa shape index (κ1) is 9.72. The van der Waals surface area contributed by atoms with Crippen LogP contribution in [0.3, 0.4) is 0 Å². The highest BCUT2D eigenvalue weighted by molar-refractivity contribution is 6.14. The number of rotatable bonds is 1. The van der Waals surface area contributed by atoms with Gasteiger partial charge in [-0.25, -0.2) is 0 Å².